The van der Waals surface area contributed by atoms with Crippen LogP contribution < -0.4 is 5.32 Å². The molecule has 1 N–H and O–H groups in total. The maximum absolute atomic E-state index is 13.2. The van der Waals surface area contributed by atoms with Crippen molar-refractivity contribution >= 4 is 41.3 Å². The number of β-lactam (4-membered cyclic amide) rings is 1. The molecule has 2 amide bonds. The lowest BCUT2D eigenvalue weighted by molar-refractivity contribution is -0.172. The molecule has 2 saturated heterocycles. The first kappa shape index (κ1) is 22.0. The van der Waals surface area contributed by atoms with Gasteiger partial charge in [-0.1, -0.05) is 30.3 Å². The molecule has 1 aromatic carbocycles. The van der Waals surface area contributed by atoms with Crippen molar-refractivity contribution in [3.05, 3.63) is 35.9 Å². The zero-order valence-electron chi connectivity index (χ0n) is 17.6. The van der Waals surface area contributed by atoms with Gasteiger partial charge in [-0.25, -0.2) is 4.79 Å². The Balaban J connectivity index is 1.79. The van der Waals surface area contributed by atoms with Gasteiger partial charge in [0.2, 0.25) is 5.91 Å². The van der Waals surface area contributed by atoms with Gasteiger partial charge in [-0.2, -0.15) is 0 Å². The standard InChI is InChI=1S/C21H28N2O4S2/c1-19(2,3)27-16(25)15-20(4,5)29-18-21(28-6,17(26)23(15)18)22-14(24)12-13-10-8-7-9-11-13/h7-11,15,18H,12H2,1-6H3,(H,22,24)/t15-,18+,21-/m0/s1. The Bertz CT molecular complexity index is 822. The van der Waals surface area contributed by atoms with Crippen molar-refractivity contribution < 1.29 is 19.1 Å². The van der Waals surface area contributed by atoms with E-state index in [4.69, 9.17) is 4.74 Å². The lowest BCUT2D eigenvalue weighted by Gasteiger charge is -2.52. The average Bonchev–Trinajstić information content (AvgIpc) is 2.88. The van der Waals surface area contributed by atoms with Crippen LogP contribution in [-0.4, -0.2) is 55.6 Å². The summed E-state index contributed by atoms with van der Waals surface area (Å²) in [7, 11) is 0. The minimum absolute atomic E-state index is 0.201. The maximum atomic E-state index is 13.2. The molecule has 6 nitrogen and oxygen atoms in total. The number of benzene rings is 1. The Morgan fingerprint density at radius 1 is 1.24 bits per heavy atom. The summed E-state index contributed by atoms with van der Waals surface area (Å²) in [6.45, 7) is 9.31. The minimum Gasteiger partial charge on any atom is -0.458 e. The van der Waals surface area contributed by atoms with Crippen molar-refractivity contribution in [1.29, 1.82) is 0 Å². The molecule has 0 saturated carbocycles. The van der Waals surface area contributed by atoms with Crippen molar-refractivity contribution in [2.75, 3.05) is 6.26 Å². The molecule has 2 aliphatic heterocycles. The predicted octanol–water partition coefficient (Wildman–Crippen LogP) is 2.81. The van der Waals surface area contributed by atoms with Crippen LogP contribution >= 0.6 is 23.5 Å². The van der Waals surface area contributed by atoms with Crippen LogP contribution in [0.2, 0.25) is 0 Å². The molecule has 1 aromatic rings. The zero-order chi connectivity index (χ0) is 21.6. The first-order valence-electron chi connectivity index (χ1n) is 9.55. The van der Waals surface area contributed by atoms with E-state index in [1.165, 1.54) is 23.5 Å². The first-order valence-corrected chi connectivity index (χ1v) is 11.7. The van der Waals surface area contributed by atoms with Gasteiger partial charge in [0.1, 0.15) is 17.0 Å². The lowest BCUT2D eigenvalue weighted by atomic mass is 9.95. The van der Waals surface area contributed by atoms with Crippen molar-refractivity contribution in [2.45, 2.75) is 67.7 Å². The highest BCUT2D eigenvalue weighted by Crippen LogP contribution is 2.58. The first-order chi connectivity index (χ1) is 13.4. The molecule has 0 bridgehead atoms. The highest BCUT2D eigenvalue weighted by molar-refractivity contribution is 8.05. The van der Waals surface area contributed by atoms with Crippen LogP contribution in [-0.2, 0) is 25.5 Å². The van der Waals surface area contributed by atoms with E-state index in [0.717, 1.165) is 5.56 Å². The quantitative estimate of drug-likeness (QED) is 0.435. The van der Waals surface area contributed by atoms with Gasteiger partial charge in [-0.05, 0) is 46.4 Å². The number of hydrogen-bond donors (Lipinski definition) is 1. The van der Waals surface area contributed by atoms with Crippen molar-refractivity contribution in [3.8, 4) is 0 Å². The van der Waals surface area contributed by atoms with E-state index in [2.05, 4.69) is 5.32 Å². The highest BCUT2D eigenvalue weighted by Gasteiger charge is 2.72. The summed E-state index contributed by atoms with van der Waals surface area (Å²) >= 11 is 2.85. The van der Waals surface area contributed by atoms with E-state index < -0.39 is 27.2 Å². The molecule has 0 radical (unpaired) electrons. The number of thioether (sulfide) groups is 2. The Labute approximate surface area is 180 Å². The van der Waals surface area contributed by atoms with E-state index in [0.29, 0.717) is 0 Å². The molecule has 0 aromatic heterocycles. The molecule has 0 aliphatic carbocycles. The summed E-state index contributed by atoms with van der Waals surface area (Å²) in [5, 5.41) is 2.63. The second-order valence-electron chi connectivity index (χ2n) is 8.87. The summed E-state index contributed by atoms with van der Waals surface area (Å²) in [5.41, 5.74) is 0.251. The smallest absolute Gasteiger partial charge is 0.330 e. The second-order valence-corrected chi connectivity index (χ2v) is 11.7. The number of amides is 2. The number of nitrogens with zero attached hydrogens (tertiary/aromatic N) is 1. The number of ether oxygens (including phenoxy) is 1. The molecule has 2 fully saturated rings. The molecule has 0 unspecified atom stereocenters. The van der Waals surface area contributed by atoms with Gasteiger partial charge in [-0.3, -0.25) is 9.59 Å². The molecule has 29 heavy (non-hydrogen) atoms. The Morgan fingerprint density at radius 2 is 1.86 bits per heavy atom. The molecule has 8 heteroatoms. The van der Waals surface area contributed by atoms with Crippen molar-refractivity contribution in [1.82, 2.24) is 10.2 Å². The molecule has 0 spiro atoms. The summed E-state index contributed by atoms with van der Waals surface area (Å²) in [4.78, 5) is 39.3. The summed E-state index contributed by atoms with van der Waals surface area (Å²) in [6, 6.07) is 8.73. The summed E-state index contributed by atoms with van der Waals surface area (Å²) in [5.74, 6) is -0.862. The zero-order valence-corrected chi connectivity index (χ0v) is 19.3. The van der Waals surface area contributed by atoms with Crippen LogP contribution in [0.25, 0.3) is 0 Å². The lowest BCUT2D eigenvalue weighted by Crippen LogP contribution is -2.78. The monoisotopic (exact) mass is 436 g/mol. The van der Waals surface area contributed by atoms with E-state index in [1.54, 1.807) is 4.90 Å². The number of esters is 1. The third kappa shape index (κ3) is 4.01. The van der Waals surface area contributed by atoms with Gasteiger partial charge < -0.3 is 15.0 Å². The fourth-order valence-corrected chi connectivity index (χ4v) is 6.57. The molecule has 3 atom stereocenters. The van der Waals surface area contributed by atoms with Gasteiger partial charge in [-0.15, -0.1) is 23.5 Å². The molecule has 3 rings (SSSR count). The third-order valence-electron chi connectivity index (χ3n) is 4.99. The van der Waals surface area contributed by atoms with E-state index in [9.17, 15) is 14.4 Å². The minimum atomic E-state index is -1.06. The molecular formula is C21H28N2O4S2. The maximum Gasteiger partial charge on any atom is 0.330 e. The van der Waals surface area contributed by atoms with Gasteiger partial charge in [0.15, 0.2) is 4.87 Å². The number of hydrogen-bond acceptors (Lipinski definition) is 6. The van der Waals surface area contributed by atoms with Gasteiger partial charge in [0.25, 0.3) is 5.91 Å². The van der Waals surface area contributed by atoms with Gasteiger partial charge >= 0.3 is 5.97 Å². The Hall–Kier alpha value is -1.67. The Morgan fingerprint density at radius 3 is 2.41 bits per heavy atom. The number of carbonyl (C=O) groups is 3. The van der Waals surface area contributed by atoms with Gasteiger partial charge in [0, 0.05) is 4.75 Å². The SMILES string of the molecule is CS[C@@]1(NC(=O)Cc2ccccc2)C(=O)N2[C@@H](C(=O)OC(C)(C)C)C(C)(C)S[C@@H]21. The molecule has 2 heterocycles. The third-order valence-corrected chi connectivity index (χ3v) is 7.92. The second kappa shape index (κ2) is 7.54. The average molecular weight is 437 g/mol. The topological polar surface area (TPSA) is 75.7 Å². The van der Waals surface area contributed by atoms with E-state index in [-0.39, 0.29) is 23.6 Å². The molecular weight excluding hydrogens is 408 g/mol. The number of rotatable bonds is 5. The number of nitrogens with one attached hydrogen (secondary N) is 1. The van der Waals surface area contributed by atoms with Crippen LogP contribution in [0, 0.1) is 0 Å². The van der Waals surface area contributed by atoms with Gasteiger partial charge in [0.05, 0.1) is 6.42 Å². The normalized spacial score (nSPS) is 27.8. The summed E-state index contributed by atoms with van der Waals surface area (Å²) in [6.07, 6.45) is 2.01. The highest BCUT2D eigenvalue weighted by atomic mass is 32.2. The van der Waals surface area contributed by atoms with E-state index >= 15 is 0 Å². The van der Waals surface area contributed by atoms with Crippen LogP contribution in [0.1, 0.15) is 40.2 Å². The molecule has 158 valence electrons. The largest absolute Gasteiger partial charge is 0.458 e. The fourth-order valence-electron chi connectivity index (χ4n) is 3.76. The van der Waals surface area contributed by atoms with Crippen LogP contribution in [0.5, 0.6) is 0 Å². The molecule has 2 aliphatic rings. The van der Waals surface area contributed by atoms with Crippen LogP contribution in [0.4, 0.5) is 0 Å². The number of carbonyl (C=O) groups excluding carboxylic acids is 3. The number of fused-ring (bicyclic) bond motifs is 1. The van der Waals surface area contributed by atoms with E-state index in [1.807, 2.05) is 71.2 Å². The van der Waals surface area contributed by atoms with Crippen molar-refractivity contribution in [2.24, 2.45) is 0 Å². The summed E-state index contributed by atoms with van der Waals surface area (Å²) < 4.78 is 5.06. The van der Waals surface area contributed by atoms with Crippen molar-refractivity contribution in [3.63, 3.8) is 0 Å². The van der Waals surface area contributed by atoms with Crippen LogP contribution in [0.3, 0.4) is 0 Å². The Kier molecular flexibility index (Phi) is 5.73. The predicted molar refractivity (Wildman–Crippen MR) is 116 cm³/mol. The van der Waals surface area contributed by atoms with Crippen LogP contribution in [0.15, 0.2) is 30.3 Å². The fraction of sp³-hybridized carbons (Fsp3) is 0.571.